The molecular weight excluding hydrogens is 292 g/mol. The van der Waals surface area contributed by atoms with E-state index in [1.54, 1.807) is 19.2 Å². The van der Waals surface area contributed by atoms with Gasteiger partial charge in [0, 0.05) is 42.4 Å². The first-order valence-electron chi connectivity index (χ1n) is 6.60. The van der Waals surface area contributed by atoms with E-state index in [2.05, 4.69) is 5.32 Å². The number of hydrogen-bond donors (Lipinski definition) is 2. The lowest BCUT2D eigenvalue weighted by Gasteiger charge is -2.18. The second kappa shape index (κ2) is 8.41. The minimum Gasteiger partial charge on any atom is -0.478 e. The molecule has 0 aromatic heterocycles. The number of aromatic carboxylic acids is 1. The van der Waals surface area contributed by atoms with Crippen LogP contribution in [0.4, 0.5) is 4.79 Å². The van der Waals surface area contributed by atoms with Crippen LogP contribution >= 0.6 is 0 Å². The average Bonchev–Trinajstić information content (AvgIpc) is 2.47. The molecule has 0 saturated heterocycles. The number of nitrogens with one attached hydrogen (secondary N) is 1. The third kappa shape index (κ3) is 5.95. The highest BCUT2D eigenvalue weighted by Crippen LogP contribution is 2.07. The van der Waals surface area contributed by atoms with Crippen LogP contribution in [0.25, 0.3) is 0 Å². The molecule has 0 heterocycles. The van der Waals surface area contributed by atoms with Gasteiger partial charge in [0.15, 0.2) is 0 Å². The molecule has 0 aliphatic heterocycles. The number of rotatable bonds is 7. The second-order valence-corrected chi connectivity index (χ2v) is 6.39. The Hall–Kier alpha value is -1.89. The van der Waals surface area contributed by atoms with Crippen molar-refractivity contribution >= 4 is 22.8 Å². The van der Waals surface area contributed by atoms with E-state index in [1.807, 2.05) is 6.92 Å². The van der Waals surface area contributed by atoms with E-state index in [0.29, 0.717) is 24.6 Å². The van der Waals surface area contributed by atoms with Crippen molar-refractivity contribution in [2.45, 2.75) is 13.5 Å². The number of carbonyl (C=O) groups is 2. The van der Waals surface area contributed by atoms with E-state index < -0.39 is 16.8 Å². The molecule has 2 amide bonds. The van der Waals surface area contributed by atoms with Gasteiger partial charge >= 0.3 is 12.0 Å². The Morgan fingerprint density at radius 2 is 1.90 bits per heavy atom. The maximum Gasteiger partial charge on any atom is 0.335 e. The van der Waals surface area contributed by atoms with Gasteiger partial charge in [0.2, 0.25) is 0 Å². The first kappa shape index (κ1) is 17.2. The fourth-order valence-electron chi connectivity index (χ4n) is 1.65. The molecule has 0 fully saturated rings. The molecule has 0 aliphatic rings. The Kier molecular flexibility index (Phi) is 6.87. The fraction of sp³-hybridized carbons (Fsp3) is 0.429. The normalized spacial score (nSPS) is 11.7. The van der Waals surface area contributed by atoms with Gasteiger partial charge in [-0.3, -0.25) is 4.21 Å². The lowest BCUT2D eigenvalue weighted by atomic mass is 10.1. The third-order valence-electron chi connectivity index (χ3n) is 2.90. The molecule has 1 rings (SSSR count). The summed E-state index contributed by atoms with van der Waals surface area (Å²) in [6.45, 7) is 2.59. The SMILES string of the molecule is CCS(=O)CCNC(=O)N(C)Cc1ccc(C(=O)O)cc1. The first-order chi connectivity index (χ1) is 9.93. The summed E-state index contributed by atoms with van der Waals surface area (Å²) >= 11 is 0. The minimum atomic E-state index is -0.975. The predicted molar refractivity (Wildman–Crippen MR) is 81.8 cm³/mol. The number of carbonyl (C=O) groups excluding carboxylic acids is 1. The second-order valence-electron chi connectivity index (χ2n) is 4.52. The van der Waals surface area contributed by atoms with Gasteiger partial charge in [-0.25, -0.2) is 9.59 Å². The predicted octanol–water partition coefficient (Wildman–Crippen LogP) is 1.29. The molecule has 1 unspecified atom stereocenters. The largest absolute Gasteiger partial charge is 0.478 e. The smallest absolute Gasteiger partial charge is 0.335 e. The zero-order valence-electron chi connectivity index (χ0n) is 12.2. The number of nitrogens with zero attached hydrogens (tertiary/aromatic N) is 1. The van der Waals surface area contributed by atoms with E-state index in [9.17, 15) is 13.8 Å². The van der Waals surface area contributed by atoms with Crippen molar-refractivity contribution in [1.29, 1.82) is 0 Å². The Morgan fingerprint density at radius 3 is 2.43 bits per heavy atom. The molecule has 7 heteroatoms. The lowest BCUT2D eigenvalue weighted by molar-refractivity contribution is 0.0697. The maximum atomic E-state index is 11.8. The molecule has 0 bridgehead atoms. The van der Waals surface area contributed by atoms with Crippen molar-refractivity contribution in [3.8, 4) is 0 Å². The van der Waals surface area contributed by atoms with Gasteiger partial charge < -0.3 is 15.3 Å². The summed E-state index contributed by atoms with van der Waals surface area (Å²) in [6.07, 6.45) is 0. The van der Waals surface area contributed by atoms with E-state index in [0.717, 1.165) is 5.56 Å². The van der Waals surface area contributed by atoms with Crippen molar-refractivity contribution in [2.75, 3.05) is 25.1 Å². The van der Waals surface area contributed by atoms with Crippen LogP contribution in [0.5, 0.6) is 0 Å². The summed E-state index contributed by atoms with van der Waals surface area (Å²) in [7, 11) is 0.759. The van der Waals surface area contributed by atoms with Gasteiger partial charge in [0.05, 0.1) is 5.56 Å². The lowest BCUT2D eigenvalue weighted by Crippen LogP contribution is -2.38. The van der Waals surface area contributed by atoms with Crippen LogP contribution in [0, 0.1) is 0 Å². The highest BCUT2D eigenvalue weighted by Gasteiger charge is 2.09. The zero-order chi connectivity index (χ0) is 15.8. The molecule has 1 aromatic rings. The standard InChI is InChI=1S/C14H20N2O4S/c1-3-21(20)9-8-15-14(19)16(2)10-11-4-6-12(7-5-11)13(17)18/h4-7H,3,8-10H2,1-2H3,(H,15,19)(H,17,18). The number of carboxylic acids is 1. The Morgan fingerprint density at radius 1 is 1.29 bits per heavy atom. The van der Waals surface area contributed by atoms with Crippen LogP contribution in [0.2, 0.25) is 0 Å². The zero-order valence-corrected chi connectivity index (χ0v) is 13.0. The number of carboxylic acid groups (broad SMARTS) is 1. The van der Waals surface area contributed by atoms with Crippen molar-refractivity contribution < 1.29 is 18.9 Å². The quantitative estimate of drug-likeness (QED) is 0.794. The van der Waals surface area contributed by atoms with E-state index in [4.69, 9.17) is 5.11 Å². The van der Waals surface area contributed by atoms with Crippen LogP contribution in [0.15, 0.2) is 24.3 Å². The highest BCUT2D eigenvalue weighted by atomic mass is 32.2. The van der Waals surface area contributed by atoms with Gasteiger partial charge in [0.25, 0.3) is 0 Å². The Balaban J connectivity index is 2.44. The number of hydrogen-bond acceptors (Lipinski definition) is 3. The summed E-state index contributed by atoms with van der Waals surface area (Å²) in [6, 6.07) is 6.13. The minimum absolute atomic E-state index is 0.216. The molecule has 1 atom stereocenters. The van der Waals surface area contributed by atoms with Gasteiger partial charge in [-0.2, -0.15) is 0 Å². The molecule has 2 N–H and O–H groups in total. The van der Waals surface area contributed by atoms with Gasteiger partial charge in [-0.05, 0) is 17.7 Å². The number of urea groups is 1. The van der Waals surface area contributed by atoms with E-state index in [1.165, 1.54) is 17.0 Å². The van der Waals surface area contributed by atoms with Crippen molar-refractivity contribution in [1.82, 2.24) is 10.2 Å². The van der Waals surface area contributed by atoms with Crippen LogP contribution in [-0.4, -0.2) is 51.3 Å². The van der Waals surface area contributed by atoms with Crippen LogP contribution in [0.3, 0.4) is 0 Å². The molecule has 21 heavy (non-hydrogen) atoms. The number of amides is 2. The molecule has 0 radical (unpaired) electrons. The summed E-state index contributed by atoms with van der Waals surface area (Å²) in [4.78, 5) is 24.0. The van der Waals surface area contributed by atoms with Gasteiger partial charge in [0.1, 0.15) is 0 Å². The van der Waals surface area contributed by atoms with Crippen molar-refractivity contribution in [2.24, 2.45) is 0 Å². The third-order valence-corrected chi connectivity index (χ3v) is 4.20. The monoisotopic (exact) mass is 312 g/mol. The summed E-state index contributed by atoms with van der Waals surface area (Å²) in [5.74, 6) is 0.0574. The molecule has 1 aromatic carbocycles. The highest BCUT2D eigenvalue weighted by molar-refractivity contribution is 7.84. The summed E-state index contributed by atoms with van der Waals surface area (Å²) < 4.78 is 11.2. The maximum absolute atomic E-state index is 11.8. The molecular formula is C14H20N2O4S. The summed E-state index contributed by atoms with van der Waals surface area (Å²) in [5.41, 5.74) is 1.06. The van der Waals surface area contributed by atoms with Crippen LogP contribution in [-0.2, 0) is 17.3 Å². The van der Waals surface area contributed by atoms with Gasteiger partial charge in [-0.15, -0.1) is 0 Å². The van der Waals surface area contributed by atoms with Crippen LogP contribution < -0.4 is 5.32 Å². The number of benzene rings is 1. The topological polar surface area (TPSA) is 86.7 Å². The fourth-order valence-corrected chi connectivity index (χ4v) is 2.27. The first-order valence-corrected chi connectivity index (χ1v) is 8.09. The molecule has 116 valence electrons. The van der Waals surface area contributed by atoms with Crippen molar-refractivity contribution in [3.63, 3.8) is 0 Å². The molecule has 0 spiro atoms. The molecule has 6 nitrogen and oxygen atoms in total. The molecule has 0 aliphatic carbocycles. The van der Waals surface area contributed by atoms with Crippen LogP contribution in [0.1, 0.15) is 22.8 Å². The van der Waals surface area contributed by atoms with E-state index >= 15 is 0 Å². The summed E-state index contributed by atoms with van der Waals surface area (Å²) in [5, 5.41) is 11.5. The van der Waals surface area contributed by atoms with Gasteiger partial charge in [-0.1, -0.05) is 19.1 Å². The van der Waals surface area contributed by atoms with Crippen molar-refractivity contribution in [3.05, 3.63) is 35.4 Å². The Labute approximate surface area is 126 Å². The molecule has 0 saturated carbocycles. The average molecular weight is 312 g/mol. The Bertz CT molecular complexity index is 516. The van der Waals surface area contributed by atoms with E-state index in [-0.39, 0.29) is 11.6 Å².